The lowest BCUT2D eigenvalue weighted by atomic mass is 9.80. The summed E-state index contributed by atoms with van der Waals surface area (Å²) in [5.41, 5.74) is 6.07. The topological polar surface area (TPSA) is 38.5 Å². The van der Waals surface area contributed by atoms with E-state index < -0.39 is 0 Å². The van der Waals surface area contributed by atoms with E-state index in [0.29, 0.717) is 10.5 Å². The Hall–Kier alpha value is -0.350. The highest BCUT2D eigenvalue weighted by molar-refractivity contribution is 7.80. The molecule has 2 saturated heterocycles. The maximum absolute atomic E-state index is 5.61. The van der Waals surface area contributed by atoms with Crippen LogP contribution in [0.2, 0.25) is 0 Å². The van der Waals surface area contributed by atoms with Gasteiger partial charge in [-0.3, -0.25) is 0 Å². The average Bonchev–Trinajstić information content (AvgIpc) is 2.51. The van der Waals surface area contributed by atoms with E-state index in [1.807, 2.05) is 0 Å². The van der Waals surface area contributed by atoms with E-state index in [-0.39, 0.29) is 0 Å². The van der Waals surface area contributed by atoms with Gasteiger partial charge in [-0.15, -0.1) is 0 Å². The maximum atomic E-state index is 5.61. The molecule has 0 aliphatic carbocycles. The quantitative estimate of drug-likeness (QED) is 0.585. The fraction of sp³-hybridized carbons (Fsp3) is 0.889. The van der Waals surface area contributed by atoms with Crippen LogP contribution >= 0.6 is 12.2 Å². The van der Waals surface area contributed by atoms with Gasteiger partial charge in [0.2, 0.25) is 0 Å². The van der Waals surface area contributed by atoms with Gasteiger partial charge in [0, 0.05) is 26.3 Å². The summed E-state index contributed by atoms with van der Waals surface area (Å²) in [6.07, 6.45) is 3.58. The molecule has 0 aromatic heterocycles. The minimum atomic E-state index is 0.460. The largest absolute Gasteiger partial charge is 0.381 e. The van der Waals surface area contributed by atoms with Gasteiger partial charge in [-0.05, 0) is 36.9 Å². The molecule has 1 spiro atoms. The molecule has 2 aliphatic rings. The lowest BCUT2D eigenvalue weighted by Gasteiger charge is -2.33. The summed E-state index contributed by atoms with van der Waals surface area (Å²) < 4.78 is 5.37. The van der Waals surface area contributed by atoms with E-state index in [1.54, 1.807) is 0 Å². The Kier molecular flexibility index (Phi) is 2.43. The number of hydrogen-bond donors (Lipinski definition) is 1. The van der Waals surface area contributed by atoms with Crippen molar-refractivity contribution in [3.8, 4) is 0 Å². The second kappa shape index (κ2) is 3.42. The number of thiocarbonyl (C=S) groups is 1. The summed E-state index contributed by atoms with van der Waals surface area (Å²) in [5.74, 6) is 0. The molecule has 0 aromatic carbocycles. The van der Waals surface area contributed by atoms with Crippen molar-refractivity contribution in [2.24, 2.45) is 11.1 Å². The summed E-state index contributed by atoms with van der Waals surface area (Å²) in [6, 6.07) is 0. The number of hydrogen-bond acceptors (Lipinski definition) is 2. The van der Waals surface area contributed by atoms with Crippen LogP contribution in [0.4, 0.5) is 0 Å². The van der Waals surface area contributed by atoms with Gasteiger partial charge in [-0.2, -0.15) is 0 Å². The molecule has 0 atom stereocenters. The van der Waals surface area contributed by atoms with Crippen LogP contribution in [0.25, 0.3) is 0 Å². The Balaban J connectivity index is 1.98. The highest BCUT2D eigenvalue weighted by Crippen LogP contribution is 2.39. The van der Waals surface area contributed by atoms with Crippen molar-refractivity contribution in [3.63, 3.8) is 0 Å². The monoisotopic (exact) mass is 200 g/mol. The summed E-state index contributed by atoms with van der Waals surface area (Å²) in [7, 11) is 0. The third kappa shape index (κ3) is 1.79. The van der Waals surface area contributed by atoms with Crippen molar-refractivity contribution in [3.05, 3.63) is 0 Å². The van der Waals surface area contributed by atoms with Gasteiger partial charge in [0.1, 0.15) is 0 Å². The van der Waals surface area contributed by atoms with Crippen LogP contribution in [0.5, 0.6) is 0 Å². The second-order valence-electron chi connectivity index (χ2n) is 4.12. The van der Waals surface area contributed by atoms with Crippen LogP contribution in [0.1, 0.15) is 19.3 Å². The van der Waals surface area contributed by atoms with Gasteiger partial charge in [0.25, 0.3) is 0 Å². The fourth-order valence-electron chi connectivity index (χ4n) is 2.34. The molecule has 74 valence electrons. The molecule has 0 bridgehead atoms. The average molecular weight is 200 g/mol. The maximum Gasteiger partial charge on any atom is 0.166 e. The lowest BCUT2D eigenvalue weighted by molar-refractivity contribution is 0.0219. The number of likely N-dealkylation sites (tertiary alicyclic amines) is 1. The molecule has 0 radical (unpaired) electrons. The molecular weight excluding hydrogens is 184 g/mol. The minimum absolute atomic E-state index is 0.460. The molecule has 2 heterocycles. The molecule has 4 heteroatoms. The highest BCUT2D eigenvalue weighted by atomic mass is 32.1. The number of nitrogens with two attached hydrogens (primary N) is 1. The van der Waals surface area contributed by atoms with E-state index in [1.165, 1.54) is 19.3 Å². The van der Waals surface area contributed by atoms with Crippen LogP contribution < -0.4 is 5.73 Å². The van der Waals surface area contributed by atoms with Crippen LogP contribution in [0.15, 0.2) is 0 Å². The first-order valence-electron chi connectivity index (χ1n) is 4.84. The van der Waals surface area contributed by atoms with Crippen LogP contribution in [0, 0.1) is 5.41 Å². The third-order valence-corrected chi connectivity index (χ3v) is 3.56. The molecular formula is C9H16N2OS. The SMILES string of the molecule is NC(=S)N1CCC2(CCOCC2)C1. The zero-order chi connectivity index (χ0) is 9.31. The lowest BCUT2D eigenvalue weighted by Crippen LogP contribution is -2.37. The first kappa shape index (κ1) is 9.21. The molecule has 0 amide bonds. The standard InChI is InChI=1S/C9H16N2OS/c10-8(13)11-4-1-9(7-11)2-5-12-6-3-9/h1-7H2,(H2,10,13). The van der Waals surface area contributed by atoms with Gasteiger partial charge in [0.15, 0.2) is 5.11 Å². The smallest absolute Gasteiger partial charge is 0.166 e. The first-order chi connectivity index (χ1) is 6.22. The fourth-order valence-corrected chi connectivity index (χ4v) is 2.49. The van der Waals surface area contributed by atoms with Gasteiger partial charge >= 0.3 is 0 Å². The van der Waals surface area contributed by atoms with Crippen LogP contribution in [0.3, 0.4) is 0 Å². The number of ether oxygens (including phenoxy) is 1. The third-order valence-electron chi connectivity index (χ3n) is 3.30. The summed E-state index contributed by atoms with van der Waals surface area (Å²) in [6.45, 7) is 3.90. The van der Waals surface area contributed by atoms with Gasteiger partial charge in [0.05, 0.1) is 0 Å². The second-order valence-corrected chi connectivity index (χ2v) is 4.54. The van der Waals surface area contributed by atoms with Gasteiger partial charge in [-0.1, -0.05) is 0 Å². The summed E-state index contributed by atoms with van der Waals surface area (Å²) in [5, 5.41) is 0.559. The molecule has 2 N–H and O–H groups in total. The van der Waals surface area contributed by atoms with E-state index in [9.17, 15) is 0 Å². The predicted octanol–water partition coefficient (Wildman–Crippen LogP) is 0.733. The van der Waals surface area contributed by atoms with Crippen LogP contribution in [-0.2, 0) is 4.74 Å². The molecule has 0 aromatic rings. The van der Waals surface area contributed by atoms with Crippen molar-refractivity contribution in [2.75, 3.05) is 26.3 Å². The molecule has 3 nitrogen and oxygen atoms in total. The van der Waals surface area contributed by atoms with Gasteiger partial charge < -0.3 is 15.4 Å². The van der Waals surface area contributed by atoms with Gasteiger partial charge in [-0.25, -0.2) is 0 Å². The van der Waals surface area contributed by atoms with Crippen molar-refractivity contribution in [1.82, 2.24) is 4.90 Å². The zero-order valence-electron chi connectivity index (χ0n) is 7.79. The van der Waals surface area contributed by atoms with E-state index in [2.05, 4.69) is 4.90 Å². The van der Waals surface area contributed by atoms with Crippen LogP contribution in [-0.4, -0.2) is 36.3 Å². The predicted molar refractivity (Wildman–Crippen MR) is 55.5 cm³/mol. The molecule has 2 aliphatic heterocycles. The normalized spacial score (nSPS) is 26.6. The Bertz CT molecular complexity index is 214. The first-order valence-corrected chi connectivity index (χ1v) is 5.25. The Labute approximate surface area is 84.2 Å². The van der Waals surface area contributed by atoms with E-state index in [4.69, 9.17) is 22.7 Å². The Morgan fingerprint density at radius 3 is 2.54 bits per heavy atom. The van der Waals surface area contributed by atoms with Crippen molar-refractivity contribution >= 4 is 17.3 Å². The zero-order valence-corrected chi connectivity index (χ0v) is 8.61. The van der Waals surface area contributed by atoms with E-state index >= 15 is 0 Å². The summed E-state index contributed by atoms with van der Waals surface area (Å²) in [4.78, 5) is 2.13. The molecule has 2 rings (SSSR count). The summed E-state index contributed by atoms with van der Waals surface area (Å²) >= 11 is 4.98. The molecule has 13 heavy (non-hydrogen) atoms. The van der Waals surface area contributed by atoms with E-state index in [0.717, 1.165) is 26.3 Å². The number of rotatable bonds is 0. The van der Waals surface area contributed by atoms with Crippen molar-refractivity contribution in [1.29, 1.82) is 0 Å². The minimum Gasteiger partial charge on any atom is -0.381 e. The number of nitrogens with zero attached hydrogens (tertiary/aromatic N) is 1. The highest BCUT2D eigenvalue weighted by Gasteiger charge is 2.39. The molecule has 0 saturated carbocycles. The molecule has 2 fully saturated rings. The molecule has 0 unspecified atom stereocenters. The van der Waals surface area contributed by atoms with Crippen molar-refractivity contribution in [2.45, 2.75) is 19.3 Å². The van der Waals surface area contributed by atoms with Crippen molar-refractivity contribution < 1.29 is 4.74 Å². The Morgan fingerprint density at radius 1 is 1.31 bits per heavy atom. The Morgan fingerprint density at radius 2 is 2.00 bits per heavy atom.